The van der Waals surface area contributed by atoms with E-state index in [1.54, 1.807) is 0 Å². The molecule has 0 bridgehead atoms. The number of amides is 1. The van der Waals surface area contributed by atoms with Crippen LogP contribution in [-0.4, -0.2) is 37.1 Å². The molecule has 0 saturated carbocycles. The Morgan fingerprint density at radius 1 is 1.24 bits per heavy atom. The van der Waals surface area contributed by atoms with Crippen molar-refractivity contribution < 1.29 is 18.3 Å². The number of morpholine rings is 1. The molecule has 1 amide bonds. The van der Waals surface area contributed by atoms with E-state index < -0.39 is 17.7 Å². The summed E-state index contributed by atoms with van der Waals surface area (Å²) in [7, 11) is 1.94. The molecule has 1 heterocycles. The fourth-order valence-electron chi connectivity index (χ4n) is 3.03. The third kappa shape index (κ3) is 4.03. The van der Waals surface area contributed by atoms with E-state index in [2.05, 4.69) is 10.2 Å². The molecule has 2 unspecified atom stereocenters. The van der Waals surface area contributed by atoms with Gasteiger partial charge in [0, 0.05) is 24.7 Å². The lowest BCUT2D eigenvalue weighted by Gasteiger charge is -2.38. The molecule has 6 heteroatoms. The first-order valence-corrected chi connectivity index (χ1v) is 8.14. The lowest BCUT2D eigenvalue weighted by atomic mass is 9.98. The number of ether oxygens (including phenoxy) is 1. The third-order valence-corrected chi connectivity index (χ3v) is 4.37. The average molecular weight is 346 g/mol. The summed E-state index contributed by atoms with van der Waals surface area (Å²) in [6, 6.07) is 12.7. The molecule has 0 aliphatic carbocycles. The topological polar surface area (TPSA) is 41.6 Å². The summed E-state index contributed by atoms with van der Waals surface area (Å²) in [4.78, 5) is 14.7. The Balaban J connectivity index is 1.72. The summed E-state index contributed by atoms with van der Waals surface area (Å²) in [5.41, 5.74) is 1.22. The second-order valence-electron chi connectivity index (χ2n) is 6.08. The zero-order valence-electron chi connectivity index (χ0n) is 13.9. The van der Waals surface area contributed by atoms with Crippen LogP contribution in [0.1, 0.15) is 17.2 Å². The highest BCUT2D eigenvalue weighted by Gasteiger charge is 2.36. The fourth-order valence-corrected chi connectivity index (χ4v) is 3.03. The predicted molar refractivity (Wildman–Crippen MR) is 89.8 cm³/mol. The van der Waals surface area contributed by atoms with Crippen molar-refractivity contribution >= 4 is 5.91 Å². The van der Waals surface area contributed by atoms with Crippen LogP contribution >= 0.6 is 0 Å². The van der Waals surface area contributed by atoms with Crippen molar-refractivity contribution in [2.45, 2.75) is 18.7 Å². The van der Waals surface area contributed by atoms with E-state index in [0.717, 1.165) is 18.2 Å². The first-order chi connectivity index (χ1) is 12.1. The van der Waals surface area contributed by atoms with Gasteiger partial charge in [-0.15, -0.1) is 0 Å². The van der Waals surface area contributed by atoms with Crippen molar-refractivity contribution in [3.05, 3.63) is 71.3 Å². The molecule has 25 heavy (non-hydrogen) atoms. The fraction of sp³-hybridized carbons (Fsp3) is 0.316. The van der Waals surface area contributed by atoms with Crippen LogP contribution in [0.2, 0.25) is 0 Å². The summed E-state index contributed by atoms with van der Waals surface area (Å²) in [5, 5.41) is 2.70. The molecule has 1 aliphatic heterocycles. The SMILES string of the molecule is CN1CCOC(C(=O)NCc2ccc(F)cc2F)C1c1ccccc1. The quantitative estimate of drug-likeness (QED) is 0.925. The van der Waals surface area contributed by atoms with E-state index in [1.807, 2.05) is 37.4 Å². The molecule has 2 aromatic carbocycles. The Morgan fingerprint density at radius 3 is 2.72 bits per heavy atom. The zero-order chi connectivity index (χ0) is 17.8. The number of benzene rings is 2. The van der Waals surface area contributed by atoms with Crippen molar-refractivity contribution in [3.8, 4) is 0 Å². The van der Waals surface area contributed by atoms with Gasteiger partial charge in [0.25, 0.3) is 5.91 Å². The van der Waals surface area contributed by atoms with Gasteiger partial charge in [0.2, 0.25) is 0 Å². The molecule has 4 nitrogen and oxygen atoms in total. The number of carbonyl (C=O) groups excluding carboxylic acids is 1. The van der Waals surface area contributed by atoms with Gasteiger partial charge in [0.1, 0.15) is 11.6 Å². The lowest BCUT2D eigenvalue weighted by molar-refractivity contribution is -0.144. The summed E-state index contributed by atoms with van der Waals surface area (Å²) in [6.07, 6.45) is -0.690. The van der Waals surface area contributed by atoms with Crippen molar-refractivity contribution in [1.82, 2.24) is 10.2 Å². The van der Waals surface area contributed by atoms with E-state index in [-0.39, 0.29) is 24.1 Å². The van der Waals surface area contributed by atoms with Crippen LogP contribution in [0.4, 0.5) is 8.78 Å². The van der Waals surface area contributed by atoms with Gasteiger partial charge in [-0.05, 0) is 18.7 Å². The first-order valence-electron chi connectivity index (χ1n) is 8.14. The molecule has 1 fully saturated rings. The third-order valence-electron chi connectivity index (χ3n) is 4.37. The molecule has 0 spiro atoms. The number of nitrogens with zero attached hydrogens (tertiary/aromatic N) is 1. The normalized spacial score (nSPS) is 21.1. The molecule has 0 radical (unpaired) electrons. The predicted octanol–water partition coefficient (Wildman–Crippen LogP) is 2.65. The highest BCUT2D eigenvalue weighted by molar-refractivity contribution is 5.82. The van der Waals surface area contributed by atoms with Crippen LogP contribution in [0.15, 0.2) is 48.5 Å². The largest absolute Gasteiger partial charge is 0.365 e. The molecule has 132 valence electrons. The molecule has 0 aromatic heterocycles. The number of hydrogen-bond donors (Lipinski definition) is 1. The van der Waals surface area contributed by atoms with Gasteiger partial charge in [-0.3, -0.25) is 9.69 Å². The van der Waals surface area contributed by atoms with Gasteiger partial charge >= 0.3 is 0 Å². The monoisotopic (exact) mass is 346 g/mol. The highest BCUT2D eigenvalue weighted by Crippen LogP contribution is 2.28. The van der Waals surface area contributed by atoms with E-state index in [0.29, 0.717) is 6.61 Å². The van der Waals surface area contributed by atoms with Crippen LogP contribution in [0.5, 0.6) is 0 Å². The number of halogens is 2. The van der Waals surface area contributed by atoms with E-state index in [9.17, 15) is 13.6 Å². The van der Waals surface area contributed by atoms with Crippen LogP contribution in [0, 0.1) is 11.6 Å². The Bertz CT molecular complexity index is 739. The standard InChI is InChI=1S/C19H20F2N2O2/c1-23-9-10-25-18(17(23)13-5-3-2-4-6-13)19(24)22-12-14-7-8-15(20)11-16(14)21/h2-8,11,17-18H,9-10,12H2,1H3,(H,22,24). The smallest absolute Gasteiger partial charge is 0.251 e. The van der Waals surface area contributed by atoms with Gasteiger partial charge in [0.05, 0.1) is 12.6 Å². The van der Waals surface area contributed by atoms with Crippen molar-refractivity contribution in [3.63, 3.8) is 0 Å². The van der Waals surface area contributed by atoms with Crippen LogP contribution in [0.3, 0.4) is 0 Å². The van der Waals surface area contributed by atoms with E-state index in [4.69, 9.17) is 4.74 Å². The summed E-state index contributed by atoms with van der Waals surface area (Å²) < 4.78 is 32.4. The second kappa shape index (κ2) is 7.72. The van der Waals surface area contributed by atoms with Crippen LogP contribution in [-0.2, 0) is 16.1 Å². The minimum absolute atomic E-state index is 0.0178. The van der Waals surface area contributed by atoms with Crippen LogP contribution < -0.4 is 5.32 Å². The number of nitrogens with one attached hydrogen (secondary N) is 1. The minimum Gasteiger partial charge on any atom is -0.365 e. The van der Waals surface area contributed by atoms with E-state index >= 15 is 0 Å². The van der Waals surface area contributed by atoms with Gasteiger partial charge in [-0.25, -0.2) is 8.78 Å². The minimum atomic E-state index is -0.690. The summed E-state index contributed by atoms with van der Waals surface area (Å²) in [6.45, 7) is 1.15. The number of hydrogen-bond acceptors (Lipinski definition) is 3. The molecule has 3 rings (SSSR count). The molecule has 2 aromatic rings. The molecular weight excluding hydrogens is 326 g/mol. The average Bonchev–Trinajstić information content (AvgIpc) is 2.61. The molecular formula is C19H20F2N2O2. The molecule has 1 aliphatic rings. The second-order valence-corrected chi connectivity index (χ2v) is 6.08. The van der Waals surface area contributed by atoms with E-state index in [1.165, 1.54) is 12.1 Å². The maximum absolute atomic E-state index is 13.7. The van der Waals surface area contributed by atoms with Crippen molar-refractivity contribution in [2.24, 2.45) is 0 Å². The Labute approximate surface area is 145 Å². The maximum atomic E-state index is 13.7. The van der Waals surface area contributed by atoms with Crippen LogP contribution in [0.25, 0.3) is 0 Å². The van der Waals surface area contributed by atoms with Gasteiger partial charge in [-0.1, -0.05) is 36.4 Å². The Hall–Kier alpha value is -2.31. The maximum Gasteiger partial charge on any atom is 0.251 e. The van der Waals surface area contributed by atoms with Gasteiger partial charge < -0.3 is 10.1 Å². The molecule has 2 atom stereocenters. The number of rotatable bonds is 4. The summed E-state index contributed by atoms with van der Waals surface area (Å²) >= 11 is 0. The Morgan fingerprint density at radius 2 is 2.00 bits per heavy atom. The highest BCUT2D eigenvalue weighted by atomic mass is 19.1. The molecule has 1 saturated heterocycles. The lowest BCUT2D eigenvalue weighted by Crippen LogP contribution is -2.50. The van der Waals surface area contributed by atoms with Crippen molar-refractivity contribution in [1.29, 1.82) is 0 Å². The van der Waals surface area contributed by atoms with Crippen molar-refractivity contribution in [2.75, 3.05) is 20.2 Å². The zero-order valence-corrected chi connectivity index (χ0v) is 13.9. The van der Waals surface area contributed by atoms with Gasteiger partial charge in [0.15, 0.2) is 6.10 Å². The first kappa shape index (κ1) is 17.5. The number of carbonyl (C=O) groups is 1. The number of likely N-dealkylation sites (N-methyl/N-ethyl adjacent to an activating group) is 1. The Kier molecular flexibility index (Phi) is 5.40. The molecule has 1 N–H and O–H groups in total. The van der Waals surface area contributed by atoms with Gasteiger partial charge in [-0.2, -0.15) is 0 Å². The summed E-state index contributed by atoms with van der Waals surface area (Å²) in [5.74, 6) is -1.64.